The third-order valence-electron chi connectivity index (χ3n) is 3.02. The van der Waals surface area contributed by atoms with Gasteiger partial charge in [-0.1, -0.05) is 18.2 Å². The average molecular weight is 270 g/mol. The quantitative estimate of drug-likeness (QED) is 0.405. The number of carbonyl (C=O) groups excluding carboxylic acids is 1. The molecule has 0 saturated carbocycles. The highest BCUT2D eigenvalue weighted by atomic mass is 19.1. The summed E-state index contributed by atoms with van der Waals surface area (Å²) in [7, 11) is 0. The molecule has 1 amide bonds. The van der Waals surface area contributed by atoms with Gasteiger partial charge in [-0.05, 0) is 30.3 Å². The first-order valence-corrected chi connectivity index (χ1v) is 5.95. The van der Waals surface area contributed by atoms with E-state index in [-0.39, 0.29) is 5.82 Å². The molecule has 3 N–H and O–H groups in total. The van der Waals surface area contributed by atoms with E-state index in [2.05, 4.69) is 5.10 Å². The van der Waals surface area contributed by atoms with Gasteiger partial charge >= 0.3 is 6.03 Å². The minimum atomic E-state index is -0.533. The summed E-state index contributed by atoms with van der Waals surface area (Å²) in [5, 5.41) is 5.06. The Morgan fingerprint density at radius 1 is 1.15 bits per heavy atom. The number of hydrogen-bond acceptors (Lipinski definition) is 3. The average Bonchev–Trinajstić information content (AvgIpc) is 2.87. The molecule has 20 heavy (non-hydrogen) atoms. The fraction of sp³-hybridized carbons (Fsp3) is 0. The summed E-state index contributed by atoms with van der Waals surface area (Å²) in [4.78, 5) is 11.7. The van der Waals surface area contributed by atoms with Crippen LogP contribution in [0.1, 0.15) is 0 Å². The van der Waals surface area contributed by atoms with Crippen LogP contribution in [0.2, 0.25) is 0 Å². The van der Waals surface area contributed by atoms with Crippen molar-refractivity contribution in [2.45, 2.75) is 0 Å². The van der Waals surface area contributed by atoms with Gasteiger partial charge in [0.2, 0.25) is 0 Å². The van der Waals surface area contributed by atoms with Crippen molar-refractivity contribution in [2.75, 3.05) is 0 Å². The Hall–Kier alpha value is -2.73. The molecule has 3 aromatic rings. The van der Waals surface area contributed by atoms with Crippen LogP contribution < -0.4 is 11.3 Å². The van der Waals surface area contributed by atoms with Crippen LogP contribution in [0.5, 0.6) is 0 Å². The number of nitrogens with one attached hydrogen (secondary N) is 1. The number of fused-ring (bicyclic) bond motifs is 1. The number of rotatable bonds is 1. The topological polar surface area (TPSA) is 72.9 Å². The number of hydrazine groups is 1. The van der Waals surface area contributed by atoms with Gasteiger partial charge in [-0.2, -0.15) is 9.78 Å². The predicted octanol–water partition coefficient (Wildman–Crippen LogP) is 2.27. The number of nitrogen functional groups attached to an aromatic ring is 1. The lowest BCUT2D eigenvalue weighted by atomic mass is 10.1. The molecule has 0 fully saturated rings. The number of halogens is 1. The monoisotopic (exact) mass is 270 g/mol. The number of benzene rings is 2. The Labute approximate surface area is 113 Å². The first kappa shape index (κ1) is 12.3. The molecule has 0 atom stereocenters. The van der Waals surface area contributed by atoms with Crippen LogP contribution in [-0.4, -0.2) is 15.8 Å². The van der Waals surface area contributed by atoms with Crippen molar-refractivity contribution < 1.29 is 9.18 Å². The fourth-order valence-corrected chi connectivity index (χ4v) is 2.10. The van der Waals surface area contributed by atoms with Gasteiger partial charge in [0, 0.05) is 10.9 Å². The van der Waals surface area contributed by atoms with Crippen molar-refractivity contribution in [2.24, 2.45) is 5.84 Å². The molecule has 6 heteroatoms. The maximum Gasteiger partial charge on any atom is 0.356 e. The van der Waals surface area contributed by atoms with E-state index in [0.717, 1.165) is 10.9 Å². The first-order chi connectivity index (χ1) is 9.70. The van der Waals surface area contributed by atoms with Gasteiger partial charge in [-0.3, -0.25) is 5.43 Å². The number of para-hydroxylation sites is 1. The summed E-state index contributed by atoms with van der Waals surface area (Å²) in [5.74, 6) is 4.83. The van der Waals surface area contributed by atoms with Gasteiger partial charge in [0.15, 0.2) is 0 Å². The highest BCUT2D eigenvalue weighted by molar-refractivity contribution is 5.98. The lowest BCUT2D eigenvalue weighted by Gasteiger charge is -1.99. The van der Waals surface area contributed by atoms with Crippen molar-refractivity contribution in [1.82, 2.24) is 15.2 Å². The summed E-state index contributed by atoms with van der Waals surface area (Å²) in [6, 6.07) is 12.7. The Kier molecular flexibility index (Phi) is 2.92. The molecule has 0 aliphatic rings. The van der Waals surface area contributed by atoms with Gasteiger partial charge in [0.25, 0.3) is 0 Å². The van der Waals surface area contributed by atoms with Gasteiger partial charge in [-0.25, -0.2) is 15.0 Å². The molecule has 0 unspecified atom stereocenters. The molecule has 1 aromatic heterocycles. The van der Waals surface area contributed by atoms with E-state index in [9.17, 15) is 9.18 Å². The van der Waals surface area contributed by atoms with E-state index < -0.39 is 6.03 Å². The van der Waals surface area contributed by atoms with E-state index in [0.29, 0.717) is 11.2 Å². The largest absolute Gasteiger partial charge is 0.356 e. The summed E-state index contributed by atoms with van der Waals surface area (Å²) >= 11 is 0. The van der Waals surface area contributed by atoms with E-state index in [1.807, 2.05) is 17.6 Å². The lowest BCUT2D eigenvalue weighted by Crippen LogP contribution is -2.34. The predicted molar refractivity (Wildman–Crippen MR) is 73.2 cm³/mol. The highest BCUT2D eigenvalue weighted by Gasteiger charge is 2.15. The minimum Gasteiger partial charge on any atom is -0.274 e. The molecule has 0 spiro atoms. The van der Waals surface area contributed by atoms with Crippen molar-refractivity contribution in [3.63, 3.8) is 0 Å². The number of nitrogens with zero attached hydrogens (tertiary/aromatic N) is 2. The van der Waals surface area contributed by atoms with Crippen LogP contribution in [0.15, 0.2) is 48.5 Å². The van der Waals surface area contributed by atoms with Gasteiger partial charge in [0.05, 0.1) is 5.52 Å². The van der Waals surface area contributed by atoms with Crippen molar-refractivity contribution >= 4 is 16.9 Å². The molecule has 0 aliphatic heterocycles. The van der Waals surface area contributed by atoms with Gasteiger partial charge < -0.3 is 0 Å². The van der Waals surface area contributed by atoms with E-state index in [1.54, 1.807) is 24.3 Å². The normalized spacial score (nSPS) is 10.7. The first-order valence-electron chi connectivity index (χ1n) is 5.95. The molecule has 0 radical (unpaired) electrons. The molecule has 1 heterocycles. The zero-order valence-electron chi connectivity index (χ0n) is 10.4. The number of hydrogen-bond donors (Lipinski definition) is 2. The SMILES string of the molecule is NNC(=O)n1nc(-c2ccc(F)cc2)c2ccccc21. The lowest BCUT2D eigenvalue weighted by molar-refractivity contribution is 0.241. The van der Waals surface area contributed by atoms with Crippen molar-refractivity contribution in [1.29, 1.82) is 0 Å². The molecule has 100 valence electrons. The summed E-state index contributed by atoms with van der Waals surface area (Å²) in [5.41, 5.74) is 4.01. The summed E-state index contributed by atoms with van der Waals surface area (Å²) in [6.45, 7) is 0. The van der Waals surface area contributed by atoms with E-state index in [1.165, 1.54) is 16.8 Å². The van der Waals surface area contributed by atoms with E-state index in [4.69, 9.17) is 5.84 Å². The Morgan fingerprint density at radius 2 is 1.85 bits per heavy atom. The van der Waals surface area contributed by atoms with Gasteiger partial charge in [-0.15, -0.1) is 0 Å². The molecule has 2 aromatic carbocycles. The second-order valence-corrected chi connectivity index (χ2v) is 4.23. The Bertz CT molecular complexity index is 779. The summed E-state index contributed by atoms with van der Waals surface area (Å²) in [6.07, 6.45) is 0. The van der Waals surface area contributed by atoms with Crippen LogP contribution >= 0.6 is 0 Å². The second kappa shape index (κ2) is 4.75. The second-order valence-electron chi connectivity index (χ2n) is 4.23. The Balaban J connectivity index is 2.26. The summed E-state index contributed by atoms with van der Waals surface area (Å²) < 4.78 is 14.2. The molecular formula is C14H11FN4O. The smallest absolute Gasteiger partial charge is 0.274 e. The van der Waals surface area contributed by atoms with Gasteiger partial charge in [0.1, 0.15) is 11.5 Å². The minimum absolute atomic E-state index is 0.322. The van der Waals surface area contributed by atoms with E-state index >= 15 is 0 Å². The highest BCUT2D eigenvalue weighted by Crippen LogP contribution is 2.27. The van der Waals surface area contributed by atoms with Crippen molar-refractivity contribution in [3.8, 4) is 11.3 Å². The molecule has 0 aliphatic carbocycles. The molecule has 5 nitrogen and oxygen atoms in total. The molecule has 0 saturated heterocycles. The maximum atomic E-state index is 13.0. The zero-order valence-corrected chi connectivity index (χ0v) is 10.4. The number of aromatic nitrogens is 2. The third kappa shape index (κ3) is 1.92. The zero-order chi connectivity index (χ0) is 14.1. The fourth-order valence-electron chi connectivity index (χ4n) is 2.10. The number of carbonyl (C=O) groups is 1. The molecule has 3 rings (SSSR count). The third-order valence-corrected chi connectivity index (χ3v) is 3.02. The van der Waals surface area contributed by atoms with Crippen LogP contribution in [0.25, 0.3) is 22.2 Å². The number of nitrogens with two attached hydrogens (primary N) is 1. The number of amides is 1. The molecular weight excluding hydrogens is 259 g/mol. The molecule has 0 bridgehead atoms. The van der Waals surface area contributed by atoms with Crippen LogP contribution in [-0.2, 0) is 0 Å². The standard InChI is InChI=1S/C14H11FN4O/c15-10-7-5-9(6-8-10)13-11-3-1-2-4-12(11)19(18-13)14(20)17-16/h1-8H,16H2,(H,17,20). The van der Waals surface area contributed by atoms with Crippen LogP contribution in [0, 0.1) is 5.82 Å². The maximum absolute atomic E-state index is 13.0. The van der Waals surface area contributed by atoms with Crippen LogP contribution in [0.4, 0.5) is 9.18 Å². The Morgan fingerprint density at radius 3 is 2.55 bits per heavy atom. The van der Waals surface area contributed by atoms with Crippen molar-refractivity contribution in [3.05, 3.63) is 54.3 Å². The van der Waals surface area contributed by atoms with Crippen LogP contribution in [0.3, 0.4) is 0 Å².